The van der Waals surface area contributed by atoms with Gasteiger partial charge in [0.25, 0.3) is 0 Å². The van der Waals surface area contributed by atoms with Crippen LogP contribution in [0, 0.1) is 0 Å². The molecule has 0 aliphatic carbocycles. The van der Waals surface area contributed by atoms with Crippen LogP contribution in [0.4, 0.5) is 4.79 Å². The van der Waals surface area contributed by atoms with E-state index in [4.69, 9.17) is 29.4 Å². The van der Waals surface area contributed by atoms with Crippen LogP contribution in [0.1, 0.15) is 78.9 Å². The van der Waals surface area contributed by atoms with Crippen LogP contribution < -0.4 is 11.1 Å². The number of nitrogens with two attached hydrogens (primary N) is 1. The number of primary amides is 1. The Morgan fingerprint density at radius 1 is 0.897 bits per heavy atom. The molecule has 222 valence electrons. The number of esters is 1. The maximum absolute atomic E-state index is 12.3. The van der Waals surface area contributed by atoms with E-state index < -0.39 is 35.2 Å². The smallest absolute Gasteiger partial charge is 0.407 e. The van der Waals surface area contributed by atoms with Crippen molar-refractivity contribution in [3.05, 3.63) is 35.4 Å². The van der Waals surface area contributed by atoms with Gasteiger partial charge in [0.15, 0.2) is 0 Å². The normalized spacial score (nSPS) is 13.4. The van der Waals surface area contributed by atoms with Crippen molar-refractivity contribution in [2.45, 2.75) is 104 Å². The average Bonchev–Trinajstić information content (AvgIpc) is 2.80. The van der Waals surface area contributed by atoms with Crippen molar-refractivity contribution < 1.29 is 38.1 Å². The molecular formula is C29H48N2O8. The molecule has 1 aromatic carbocycles. The van der Waals surface area contributed by atoms with Crippen molar-refractivity contribution in [1.82, 2.24) is 5.32 Å². The standard InChI is InChI=1S/C29H48N2O8/c1-21(24(14-15-25(30)32)31-27(34)39-29(5,6)7)37-19-23-12-9-8-11-22(23)13-10-16-35-17-18-36-20-26(33)38-28(2,3)4/h8-9,11-12,21,24H,10,13-20H2,1-7H3,(H2,30,32)(H,31,34)/t21-,24+/m1/s1. The molecule has 0 saturated carbocycles. The van der Waals surface area contributed by atoms with E-state index in [1.54, 1.807) is 20.8 Å². The maximum Gasteiger partial charge on any atom is 0.407 e. The van der Waals surface area contributed by atoms with Gasteiger partial charge in [-0.05, 0) is 78.9 Å². The number of carbonyl (C=O) groups excluding carboxylic acids is 3. The Balaban J connectivity index is 2.48. The first-order valence-corrected chi connectivity index (χ1v) is 13.5. The van der Waals surface area contributed by atoms with Gasteiger partial charge in [-0.25, -0.2) is 9.59 Å². The minimum Gasteiger partial charge on any atom is -0.458 e. The highest BCUT2D eigenvalue weighted by Crippen LogP contribution is 2.16. The molecule has 10 heteroatoms. The van der Waals surface area contributed by atoms with E-state index in [1.807, 2.05) is 45.9 Å². The fourth-order valence-electron chi connectivity index (χ4n) is 3.57. The SMILES string of the molecule is C[C@@H](OCc1ccccc1CCCOCCOCC(=O)OC(C)(C)C)[C@H](CCC(N)=O)NC(=O)OC(C)(C)C. The number of alkyl carbamates (subject to hydrolysis) is 1. The second-order valence-electron chi connectivity index (χ2n) is 11.4. The zero-order valence-electron chi connectivity index (χ0n) is 24.7. The first-order valence-electron chi connectivity index (χ1n) is 13.5. The van der Waals surface area contributed by atoms with Gasteiger partial charge in [0, 0.05) is 13.0 Å². The molecule has 2 atom stereocenters. The largest absolute Gasteiger partial charge is 0.458 e. The van der Waals surface area contributed by atoms with E-state index in [1.165, 1.54) is 0 Å². The van der Waals surface area contributed by atoms with E-state index in [2.05, 4.69) is 11.4 Å². The zero-order chi connectivity index (χ0) is 29.5. The molecular weight excluding hydrogens is 504 g/mol. The molecule has 0 aliphatic rings. The minimum atomic E-state index is -0.641. The molecule has 2 amide bonds. The molecule has 0 unspecified atom stereocenters. The molecule has 0 fully saturated rings. The lowest BCUT2D eigenvalue weighted by molar-refractivity contribution is -0.160. The Bertz CT molecular complexity index is 892. The van der Waals surface area contributed by atoms with Crippen LogP contribution in [0.3, 0.4) is 0 Å². The van der Waals surface area contributed by atoms with Gasteiger partial charge in [-0.15, -0.1) is 0 Å². The predicted molar refractivity (Wildman–Crippen MR) is 148 cm³/mol. The highest BCUT2D eigenvalue weighted by molar-refractivity contribution is 5.74. The Hall–Kier alpha value is -2.69. The average molecular weight is 553 g/mol. The highest BCUT2D eigenvalue weighted by atomic mass is 16.6. The number of rotatable bonds is 17. The van der Waals surface area contributed by atoms with Crippen molar-refractivity contribution in [2.24, 2.45) is 5.73 Å². The van der Waals surface area contributed by atoms with Gasteiger partial charge in [-0.1, -0.05) is 24.3 Å². The number of hydrogen-bond acceptors (Lipinski definition) is 8. The summed E-state index contributed by atoms with van der Waals surface area (Å²) in [5, 5.41) is 2.81. The summed E-state index contributed by atoms with van der Waals surface area (Å²) in [6.07, 6.45) is 1.12. The molecule has 0 bridgehead atoms. The fraction of sp³-hybridized carbons (Fsp3) is 0.690. The van der Waals surface area contributed by atoms with Gasteiger partial charge < -0.3 is 34.7 Å². The number of ether oxygens (including phenoxy) is 5. The third-order valence-electron chi connectivity index (χ3n) is 5.34. The van der Waals surface area contributed by atoms with Crippen molar-refractivity contribution in [1.29, 1.82) is 0 Å². The van der Waals surface area contributed by atoms with Crippen LogP contribution in [0.2, 0.25) is 0 Å². The molecule has 0 radical (unpaired) electrons. The van der Waals surface area contributed by atoms with Crippen LogP contribution in [0.5, 0.6) is 0 Å². The third-order valence-corrected chi connectivity index (χ3v) is 5.34. The molecule has 1 rings (SSSR count). The number of aryl methyl sites for hydroxylation is 1. The van der Waals surface area contributed by atoms with E-state index in [0.29, 0.717) is 32.8 Å². The van der Waals surface area contributed by atoms with Crippen molar-refractivity contribution in [3.63, 3.8) is 0 Å². The minimum absolute atomic E-state index is 0.0941. The van der Waals surface area contributed by atoms with Gasteiger partial charge in [0.1, 0.15) is 17.8 Å². The van der Waals surface area contributed by atoms with E-state index in [9.17, 15) is 14.4 Å². The second-order valence-corrected chi connectivity index (χ2v) is 11.4. The number of nitrogens with one attached hydrogen (secondary N) is 1. The lowest BCUT2D eigenvalue weighted by Gasteiger charge is -2.27. The molecule has 1 aromatic rings. The quantitative estimate of drug-likeness (QED) is 0.218. The second kappa shape index (κ2) is 17.1. The summed E-state index contributed by atoms with van der Waals surface area (Å²) < 4.78 is 27.6. The fourth-order valence-corrected chi connectivity index (χ4v) is 3.57. The van der Waals surface area contributed by atoms with Gasteiger partial charge in [0.05, 0.1) is 32.0 Å². The van der Waals surface area contributed by atoms with E-state index in [0.717, 1.165) is 24.0 Å². The first-order chi connectivity index (χ1) is 18.2. The number of hydrogen-bond donors (Lipinski definition) is 2. The van der Waals surface area contributed by atoms with Crippen molar-refractivity contribution in [3.8, 4) is 0 Å². The topological polar surface area (TPSA) is 135 Å². The predicted octanol–water partition coefficient (Wildman–Crippen LogP) is 4.06. The summed E-state index contributed by atoms with van der Waals surface area (Å²) in [7, 11) is 0. The van der Waals surface area contributed by atoms with Gasteiger partial charge >= 0.3 is 12.1 Å². The molecule has 0 aliphatic heterocycles. The van der Waals surface area contributed by atoms with Crippen LogP contribution >= 0.6 is 0 Å². The van der Waals surface area contributed by atoms with Gasteiger partial charge in [-0.2, -0.15) is 0 Å². The molecule has 0 heterocycles. The lowest BCUT2D eigenvalue weighted by Crippen LogP contribution is -2.45. The summed E-state index contributed by atoms with van der Waals surface area (Å²) in [5.41, 5.74) is 6.33. The Kier molecular flexibility index (Phi) is 15.1. The number of carbonyl (C=O) groups is 3. The van der Waals surface area contributed by atoms with Crippen molar-refractivity contribution >= 4 is 18.0 Å². The van der Waals surface area contributed by atoms with Gasteiger partial charge in [0.2, 0.25) is 5.91 Å². The molecule has 39 heavy (non-hydrogen) atoms. The monoisotopic (exact) mass is 552 g/mol. The third kappa shape index (κ3) is 17.5. The summed E-state index contributed by atoms with van der Waals surface area (Å²) >= 11 is 0. The van der Waals surface area contributed by atoms with E-state index >= 15 is 0 Å². The first kappa shape index (κ1) is 34.3. The van der Waals surface area contributed by atoms with E-state index in [-0.39, 0.29) is 19.1 Å². The summed E-state index contributed by atoms with van der Waals surface area (Å²) in [4.78, 5) is 35.3. The zero-order valence-corrected chi connectivity index (χ0v) is 24.7. The van der Waals surface area contributed by atoms with Crippen LogP contribution in [0.25, 0.3) is 0 Å². The maximum atomic E-state index is 12.3. The highest BCUT2D eigenvalue weighted by Gasteiger charge is 2.24. The van der Waals surface area contributed by atoms with Crippen LogP contribution in [-0.4, -0.2) is 67.7 Å². The molecule has 0 aromatic heterocycles. The summed E-state index contributed by atoms with van der Waals surface area (Å²) in [6, 6.07) is 7.55. The molecule has 0 spiro atoms. The lowest BCUT2D eigenvalue weighted by atomic mass is 10.0. The number of amides is 2. The Morgan fingerprint density at radius 2 is 1.51 bits per heavy atom. The van der Waals surface area contributed by atoms with Gasteiger partial charge in [-0.3, -0.25) is 4.79 Å². The Labute approximate surface area is 233 Å². The summed E-state index contributed by atoms with van der Waals surface area (Å²) in [5.74, 6) is -0.837. The molecule has 3 N–H and O–H groups in total. The number of benzene rings is 1. The molecule has 10 nitrogen and oxygen atoms in total. The van der Waals surface area contributed by atoms with Crippen molar-refractivity contribution in [2.75, 3.05) is 26.4 Å². The summed E-state index contributed by atoms with van der Waals surface area (Å²) in [6.45, 7) is 14.2. The molecule has 0 saturated heterocycles. The van der Waals surface area contributed by atoms with Crippen LogP contribution in [0.15, 0.2) is 24.3 Å². The Morgan fingerprint density at radius 3 is 2.13 bits per heavy atom. The van der Waals surface area contributed by atoms with Crippen LogP contribution in [-0.2, 0) is 46.3 Å².